The van der Waals surface area contributed by atoms with Gasteiger partial charge in [0.05, 0.1) is 12.2 Å². The molecular weight excluding hydrogens is 489 g/mol. The Kier molecular flexibility index (Phi) is 7.73. The van der Waals surface area contributed by atoms with E-state index in [9.17, 15) is 0 Å². The number of aliphatic imine (C=N–C) groups is 1. The van der Waals surface area contributed by atoms with Crippen LogP contribution >= 0.6 is 24.0 Å². The SMILES string of the molecule is CN=C(NCc1coc(-c2ccccc2)n1)NCC(C)N1CCc2ccccc21.I. The second-order valence-electron chi connectivity index (χ2n) is 7.24. The molecule has 2 aromatic carbocycles. The molecule has 0 amide bonds. The molecule has 0 radical (unpaired) electrons. The molecule has 0 aliphatic carbocycles. The molecule has 1 unspecified atom stereocenters. The summed E-state index contributed by atoms with van der Waals surface area (Å²) in [7, 11) is 1.78. The van der Waals surface area contributed by atoms with Gasteiger partial charge in [0.2, 0.25) is 5.89 Å². The van der Waals surface area contributed by atoms with Gasteiger partial charge in [-0.05, 0) is 37.1 Å². The molecule has 6 nitrogen and oxygen atoms in total. The summed E-state index contributed by atoms with van der Waals surface area (Å²) >= 11 is 0. The van der Waals surface area contributed by atoms with E-state index in [2.05, 4.69) is 56.7 Å². The second-order valence-corrected chi connectivity index (χ2v) is 7.24. The van der Waals surface area contributed by atoms with Crippen molar-refractivity contribution in [1.29, 1.82) is 0 Å². The Hall–Kier alpha value is -2.55. The molecule has 158 valence electrons. The number of guanidine groups is 1. The predicted molar refractivity (Wildman–Crippen MR) is 133 cm³/mol. The molecule has 30 heavy (non-hydrogen) atoms. The fourth-order valence-corrected chi connectivity index (χ4v) is 3.67. The molecule has 7 heteroatoms. The number of hydrogen-bond acceptors (Lipinski definition) is 4. The molecule has 0 saturated heterocycles. The van der Waals surface area contributed by atoms with Crippen molar-refractivity contribution in [3.05, 3.63) is 72.1 Å². The van der Waals surface area contributed by atoms with Crippen molar-refractivity contribution in [3.63, 3.8) is 0 Å². The van der Waals surface area contributed by atoms with Gasteiger partial charge in [-0.25, -0.2) is 4.98 Å². The number of para-hydroxylation sites is 1. The van der Waals surface area contributed by atoms with Crippen LogP contribution in [0.25, 0.3) is 11.5 Å². The van der Waals surface area contributed by atoms with Crippen molar-refractivity contribution in [3.8, 4) is 11.5 Å². The number of rotatable bonds is 6. The minimum absolute atomic E-state index is 0. The Morgan fingerprint density at radius 3 is 2.70 bits per heavy atom. The van der Waals surface area contributed by atoms with Crippen LogP contribution in [0.4, 0.5) is 5.69 Å². The van der Waals surface area contributed by atoms with Crippen LogP contribution in [0.15, 0.2) is 70.3 Å². The van der Waals surface area contributed by atoms with Crippen LogP contribution in [0.5, 0.6) is 0 Å². The lowest BCUT2D eigenvalue weighted by Gasteiger charge is -2.28. The number of oxazole rings is 1. The molecule has 1 aromatic heterocycles. The number of benzene rings is 2. The van der Waals surface area contributed by atoms with Crippen molar-refractivity contribution in [2.75, 3.05) is 25.0 Å². The fraction of sp³-hybridized carbons (Fsp3) is 0.304. The summed E-state index contributed by atoms with van der Waals surface area (Å²) in [4.78, 5) is 11.3. The summed E-state index contributed by atoms with van der Waals surface area (Å²) in [6, 6.07) is 18.9. The first kappa shape index (κ1) is 22.1. The van der Waals surface area contributed by atoms with Gasteiger partial charge in [0, 0.05) is 37.4 Å². The van der Waals surface area contributed by atoms with Gasteiger partial charge in [-0.1, -0.05) is 36.4 Å². The van der Waals surface area contributed by atoms with Crippen molar-refractivity contribution >= 4 is 35.6 Å². The van der Waals surface area contributed by atoms with Crippen LogP contribution in [0.1, 0.15) is 18.2 Å². The third-order valence-electron chi connectivity index (χ3n) is 5.25. The Morgan fingerprint density at radius 2 is 1.90 bits per heavy atom. The largest absolute Gasteiger partial charge is 0.444 e. The highest BCUT2D eigenvalue weighted by atomic mass is 127. The van der Waals surface area contributed by atoms with Crippen LogP contribution < -0.4 is 15.5 Å². The van der Waals surface area contributed by atoms with E-state index in [0.29, 0.717) is 18.5 Å². The highest BCUT2D eigenvalue weighted by molar-refractivity contribution is 14.0. The Labute approximate surface area is 194 Å². The van der Waals surface area contributed by atoms with Crippen molar-refractivity contribution in [2.45, 2.75) is 25.9 Å². The van der Waals surface area contributed by atoms with Gasteiger partial charge in [0.25, 0.3) is 0 Å². The lowest BCUT2D eigenvalue weighted by molar-refractivity contribution is 0.572. The van der Waals surface area contributed by atoms with E-state index in [-0.39, 0.29) is 24.0 Å². The number of fused-ring (bicyclic) bond motifs is 1. The summed E-state index contributed by atoms with van der Waals surface area (Å²) in [5, 5.41) is 6.74. The maximum Gasteiger partial charge on any atom is 0.226 e. The zero-order valence-electron chi connectivity index (χ0n) is 17.3. The molecular formula is C23H28IN5O. The molecule has 0 fully saturated rings. The lowest BCUT2D eigenvalue weighted by atomic mass is 10.2. The number of halogens is 1. The van der Waals surface area contributed by atoms with E-state index < -0.39 is 0 Å². The molecule has 4 rings (SSSR count). The van der Waals surface area contributed by atoms with Gasteiger partial charge in [0.15, 0.2) is 5.96 Å². The Morgan fingerprint density at radius 1 is 1.13 bits per heavy atom. The molecule has 0 bridgehead atoms. The number of aromatic nitrogens is 1. The third kappa shape index (κ3) is 5.13. The Balaban J connectivity index is 0.00000256. The topological polar surface area (TPSA) is 65.7 Å². The van der Waals surface area contributed by atoms with Crippen LogP contribution in [-0.4, -0.2) is 37.1 Å². The maximum absolute atomic E-state index is 5.60. The highest BCUT2D eigenvalue weighted by Gasteiger charge is 2.22. The fourth-order valence-electron chi connectivity index (χ4n) is 3.67. The van der Waals surface area contributed by atoms with Crippen LogP contribution in [0.3, 0.4) is 0 Å². The first-order chi connectivity index (χ1) is 14.2. The van der Waals surface area contributed by atoms with E-state index in [1.807, 2.05) is 30.3 Å². The van der Waals surface area contributed by atoms with Gasteiger partial charge in [-0.2, -0.15) is 0 Å². The molecule has 1 atom stereocenters. The van der Waals surface area contributed by atoms with Gasteiger partial charge >= 0.3 is 0 Å². The lowest BCUT2D eigenvalue weighted by Crippen LogP contribution is -2.45. The zero-order chi connectivity index (χ0) is 20.1. The number of nitrogens with one attached hydrogen (secondary N) is 2. The second kappa shape index (κ2) is 10.5. The van der Waals surface area contributed by atoms with Crippen LogP contribution in [0, 0.1) is 0 Å². The number of hydrogen-bond donors (Lipinski definition) is 2. The van der Waals surface area contributed by atoms with Gasteiger partial charge in [0.1, 0.15) is 6.26 Å². The van der Waals surface area contributed by atoms with Crippen molar-refractivity contribution < 1.29 is 4.42 Å². The summed E-state index contributed by atoms with van der Waals surface area (Å²) in [6.45, 7) is 4.67. The molecule has 0 spiro atoms. The standard InChI is InChI=1S/C23H27N5O.HI/c1-17(28-13-12-18-8-6-7-11-21(18)28)14-25-23(24-2)26-15-20-16-29-22(27-20)19-9-4-3-5-10-19;/h3-11,16-17H,12-15H2,1-2H3,(H2,24,25,26);1H. The predicted octanol–water partition coefficient (Wildman–Crippen LogP) is 4.08. The molecule has 2 N–H and O–H groups in total. The summed E-state index contributed by atoms with van der Waals surface area (Å²) in [6.07, 6.45) is 2.80. The van der Waals surface area contributed by atoms with Crippen LogP contribution in [-0.2, 0) is 13.0 Å². The average molecular weight is 517 g/mol. The van der Waals surface area contributed by atoms with E-state index in [1.54, 1.807) is 13.3 Å². The van der Waals surface area contributed by atoms with Crippen molar-refractivity contribution in [1.82, 2.24) is 15.6 Å². The smallest absolute Gasteiger partial charge is 0.226 e. The summed E-state index contributed by atoms with van der Waals surface area (Å²) in [5.74, 6) is 1.39. The minimum Gasteiger partial charge on any atom is -0.444 e. The van der Waals surface area contributed by atoms with Crippen molar-refractivity contribution in [2.24, 2.45) is 4.99 Å². The van der Waals surface area contributed by atoms with E-state index >= 15 is 0 Å². The van der Waals surface area contributed by atoms with E-state index in [4.69, 9.17) is 4.42 Å². The number of anilines is 1. The van der Waals surface area contributed by atoms with Gasteiger partial charge in [-0.3, -0.25) is 4.99 Å². The monoisotopic (exact) mass is 517 g/mol. The van der Waals surface area contributed by atoms with Gasteiger partial charge < -0.3 is 20.0 Å². The maximum atomic E-state index is 5.60. The summed E-state index contributed by atoms with van der Waals surface area (Å²) < 4.78 is 5.60. The van der Waals surface area contributed by atoms with E-state index in [0.717, 1.165) is 36.7 Å². The zero-order valence-corrected chi connectivity index (χ0v) is 19.7. The first-order valence-corrected chi connectivity index (χ1v) is 10.0. The average Bonchev–Trinajstić information content (AvgIpc) is 3.41. The molecule has 2 heterocycles. The molecule has 1 aliphatic heterocycles. The summed E-state index contributed by atoms with van der Waals surface area (Å²) in [5.41, 5.74) is 4.59. The quantitative estimate of drug-likeness (QED) is 0.293. The minimum atomic E-state index is 0. The number of nitrogens with zero attached hydrogens (tertiary/aromatic N) is 3. The van der Waals surface area contributed by atoms with Crippen LogP contribution in [0.2, 0.25) is 0 Å². The Bertz CT molecular complexity index is 972. The van der Waals surface area contributed by atoms with Gasteiger partial charge in [-0.15, -0.1) is 24.0 Å². The third-order valence-corrected chi connectivity index (χ3v) is 5.25. The molecule has 0 saturated carbocycles. The highest BCUT2D eigenvalue weighted by Crippen LogP contribution is 2.28. The van der Waals surface area contributed by atoms with E-state index in [1.165, 1.54) is 11.3 Å². The molecule has 1 aliphatic rings. The normalized spacial score (nSPS) is 14.1. The molecule has 3 aromatic rings. The first-order valence-electron chi connectivity index (χ1n) is 10.0.